The highest BCUT2D eigenvalue weighted by molar-refractivity contribution is 5.68. The maximum absolute atomic E-state index is 12.6. The highest BCUT2D eigenvalue weighted by Crippen LogP contribution is 2.16. The Morgan fingerprint density at radius 1 is 0.690 bits per heavy atom. The number of carbonyl (C=O) groups is 1. The summed E-state index contributed by atoms with van der Waals surface area (Å²) < 4.78 is 0.461. The molecule has 29 heavy (non-hydrogen) atoms. The van der Waals surface area contributed by atoms with Gasteiger partial charge in [0.15, 0.2) is 0 Å². The normalized spacial score (nSPS) is 11.3. The second kappa shape index (κ2) is 18.0. The van der Waals surface area contributed by atoms with Crippen LogP contribution in [0.25, 0.3) is 0 Å². The van der Waals surface area contributed by atoms with Crippen molar-refractivity contribution < 1.29 is 21.7 Å². The van der Waals surface area contributed by atoms with E-state index in [9.17, 15) is 4.79 Å². The van der Waals surface area contributed by atoms with Crippen molar-refractivity contribution in [3.05, 3.63) is 35.9 Å². The largest absolute Gasteiger partial charge is 1.00 e. The number of unbranched alkanes of at least 4 members (excludes halogenated alkanes) is 13. The molecule has 0 aliphatic carbocycles. The van der Waals surface area contributed by atoms with Crippen molar-refractivity contribution >= 4 is 5.91 Å². The molecule has 0 bridgehead atoms. The van der Waals surface area contributed by atoms with E-state index in [1.807, 2.05) is 32.3 Å². The highest BCUT2D eigenvalue weighted by Gasteiger charge is 2.25. The van der Waals surface area contributed by atoms with Gasteiger partial charge in [0.25, 0.3) is 0 Å². The summed E-state index contributed by atoms with van der Waals surface area (Å²) in [5.74, 6) is 0.364. The Morgan fingerprint density at radius 3 is 1.55 bits per heavy atom. The summed E-state index contributed by atoms with van der Waals surface area (Å²) >= 11 is 0. The Morgan fingerprint density at radius 2 is 1.10 bits per heavy atom. The lowest BCUT2D eigenvalue weighted by Gasteiger charge is -2.27. The highest BCUT2D eigenvalue weighted by atomic mass is 35.5. The molecule has 0 atom stereocenters. The molecule has 0 spiro atoms. The Labute approximate surface area is 187 Å². The minimum atomic E-state index is 0. The zero-order valence-electron chi connectivity index (χ0n) is 19.4. The Hall–Kier alpha value is -0.860. The fraction of sp³-hybridized carbons (Fsp3) is 0.731. The van der Waals surface area contributed by atoms with E-state index < -0.39 is 0 Å². The Balaban J connectivity index is 0.00000784. The Bertz CT molecular complexity index is 501. The van der Waals surface area contributed by atoms with Crippen LogP contribution in [0.2, 0.25) is 0 Å². The van der Waals surface area contributed by atoms with Crippen LogP contribution in [0.3, 0.4) is 0 Å². The summed E-state index contributed by atoms with van der Waals surface area (Å²) in [4.78, 5) is 12.6. The minimum Gasteiger partial charge on any atom is -1.00 e. The molecule has 0 radical (unpaired) electrons. The standard InChI is InChI=1S/C26H46NO.ClH/c1-4-5-6-7-8-9-10-11-12-13-14-15-16-20-23-26(28)27(2,3)24-25-21-18-17-19-22-25;/h17-19,21-22H,4-16,20,23-24H2,1-3H3;1H/q+1;/p-1. The molecule has 3 heteroatoms. The second-order valence-corrected chi connectivity index (χ2v) is 9.07. The first-order valence-corrected chi connectivity index (χ1v) is 12.0. The van der Waals surface area contributed by atoms with Gasteiger partial charge >= 0.3 is 5.91 Å². The van der Waals surface area contributed by atoms with Gasteiger partial charge < -0.3 is 12.4 Å². The van der Waals surface area contributed by atoms with Crippen LogP contribution in [0, 0.1) is 0 Å². The number of quaternary nitrogens is 1. The molecule has 0 aliphatic rings. The maximum Gasteiger partial charge on any atom is 0.313 e. The molecule has 0 fully saturated rings. The topological polar surface area (TPSA) is 17.1 Å². The molecule has 1 rings (SSSR count). The second-order valence-electron chi connectivity index (χ2n) is 9.07. The van der Waals surface area contributed by atoms with E-state index in [0.29, 0.717) is 10.4 Å². The minimum absolute atomic E-state index is 0. The van der Waals surface area contributed by atoms with Gasteiger partial charge in [-0.25, -0.2) is 4.79 Å². The smallest absolute Gasteiger partial charge is 0.313 e. The number of carbonyl (C=O) groups excluding carboxylic acids is 1. The van der Waals surface area contributed by atoms with E-state index in [1.54, 1.807) is 0 Å². The van der Waals surface area contributed by atoms with Crippen LogP contribution < -0.4 is 12.4 Å². The summed E-state index contributed by atoms with van der Waals surface area (Å²) in [6.45, 7) is 3.07. The summed E-state index contributed by atoms with van der Waals surface area (Å²) in [7, 11) is 4.08. The molecule has 1 amide bonds. The van der Waals surface area contributed by atoms with Gasteiger partial charge in [-0.3, -0.25) is 4.48 Å². The van der Waals surface area contributed by atoms with E-state index in [2.05, 4.69) is 19.1 Å². The third-order valence-corrected chi connectivity index (χ3v) is 5.84. The lowest BCUT2D eigenvalue weighted by molar-refractivity contribution is -0.828. The SMILES string of the molecule is CCCCCCCCCCCCCCCCC(=O)[N+](C)(C)Cc1ccccc1.[Cl-]. The van der Waals surface area contributed by atoms with Crippen molar-refractivity contribution in [1.29, 1.82) is 0 Å². The van der Waals surface area contributed by atoms with Crippen molar-refractivity contribution in [2.75, 3.05) is 14.1 Å². The van der Waals surface area contributed by atoms with E-state index in [-0.39, 0.29) is 12.4 Å². The lowest BCUT2D eigenvalue weighted by Crippen LogP contribution is -3.00. The first kappa shape index (κ1) is 28.1. The fourth-order valence-electron chi connectivity index (χ4n) is 3.90. The van der Waals surface area contributed by atoms with E-state index in [4.69, 9.17) is 0 Å². The van der Waals surface area contributed by atoms with Gasteiger partial charge in [-0.1, -0.05) is 121 Å². The first-order valence-electron chi connectivity index (χ1n) is 12.0. The van der Waals surface area contributed by atoms with Crippen molar-refractivity contribution in [1.82, 2.24) is 0 Å². The molecule has 0 N–H and O–H groups in total. The van der Waals surface area contributed by atoms with Crippen LogP contribution in [0.4, 0.5) is 0 Å². The molecule has 0 unspecified atom stereocenters. The van der Waals surface area contributed by atoms with Gasteiger partial charge in [0.05, 0.1) is 20.5 Å². The van der Waals surface area contributed by atoms with Gasteiger partial charge in [0, 0.05) is 5.56 Å². The van der Waals surface area contributed by atoms with Crippen molar-refractivity contribution in [2.45, 2.75) is 110 Å². The quantitative estimate of drug-likeness (QED) is 0.263. The molecular formula is C26H46ClNO. The number of benzene rings is 1. The summed E-state index contributed by atoms with van der Waals surface area (Å²) in [5, 5.41) is 0. The predicted octanol–water partition coefficient (Wildman–Crippen LogP) is 4.67. The monoisotopic (exact) mass is 423 g/mol. The zero-order chi connectivity index (χ0) is 20.5. The first-order chi connectivity index (χ1) is 13.6. The van der Waals surface area contributed by atoms with Crippen molar-refractivity contribution in [3.8, 4) is 0 Å². The number of hydrogen-bond donors (Lipinski definition) is 0. The maximum atomic E-state index is 12.6. The average Bonchev–Trinajstić information content (AvgIpc) is 2.68. The van der Waals surface area contributed by atoms with Crippen LogP contribution in [-0.2, 0) is 11.3 Å². The number of rotatable bonds is 17. The number of amides is 1. The van der Waals surface area contributed by atoms with Crippen molar-refractivity contribution in [2.24, 2.45) is 0 Å². The average molecular weight is 424 g/mol. The van der Waals surface area contributed by atoms with E-state index in [0.717, 1.165) is 19.4 Å². The summed E-state index contributed by atoms with van der Waals surface area (Å²) in [5.41, 5.74) is 1.24. The lowest BCUT2D eigenvalue weighted by atomic mass is 10.0. The molecule has 0 aliphatic heterocycles. The van der Waals surface area contributed by atoms with Gasteiger partial charge in [-0.05, 0) is 6.42 Å². The number of nitrogens with zero attached hydrogens (tertiary/aromatic N) is 1. The van der Waals surface area contributed by atoms with Gasteiger partial charge in [-0.2, -0.15) is 0 Å². The molecule has 0 saturated heterocycles. The molecule has 1 aromatic carbocycles. The number of hydrogen-bond acceptors (Lipinski definition) is 1. The van der Waals surface area contributed by atoms with Crippen LogP contribution in [-0.4, -0.2) is 24.5 Å². The van der Waals surface area contributed by atoms with Crippen LogP contribution in [0.5, 0.6) is 0 Å². The molecule has 2 nitrogen and oxygen atoms in total. The molecule has 168 valence electrons. The van der Waals surface area contributed by atoms with Crippen LogP contribution >= 0.6 is 0 Å². The van der Waals surface area contributed by atoms with Gasteiger partial charge in [0.1, 0.15) is 6.54 Å². The molecule has 0 aromatic heterocycles. The third kappa shape index (κ3) is 14.7. The predicted molar refractivity (Wildman–Crippen MR) is 122 cm³/mol. The summed E-state index contributed by atoms with van der Waals surface area (Å²) in [6.07, 6.45) is 19.7. The van der Waals surface area contributed by atoms with Gasteiger partial charge in [0.2, 0.25) is 0 Å². The van der Waals surface area contributed by atoms with E-state index in [1.165, 1.54) is 89.0 Å². The number of halogens is 1. The summed E-state index contributed by atoms with van der Waals surface area (Å²) in [6, 6.07) is 10.3. The van der Waals surface area contributed by atoms with Crippen molar-refractivity contribution in [3.63, 3.8) is 0 Å². The van der Waals surface area contributed by atoms with E-state index >= 15 is 0 Å². The van der Waals surface area contributed by atoms with Crippen LogP contribution in [0.15, 0.2) is 30.3 Å². The fourth-order valence-corrected chi connectivity index (χ4v) is 3.90. The zero-order valence-corrected chi connectivity index (χ0v) is 20.2. The molecule has 1 aromatic rings. The molecule has 0 saturated carbocycles. The van der Waals surface area contributed by atoms with Gasteiger partial charge in [-0.15, -0.1) is 0 Å². The molecular weight excluding hydrogens is 378 g/mol. The third-order valence-electron chi connectivity index (χ3n) is 5.84. The Kier molecular flexibility index (Phi) is 17.4. The van der Waals surface area contributed by atoms with Crippen LogP contribution in [0.1, 0.15) is 109 Å². The molecule has 0 heterocycles.